The van der Waals surface area contributed by atoms with E-state index in [9.17, 15) is 42.0 Å². The molecule has 26 heteroatoms. The van der Waals surface area contributed by atoms with Gasteiger partial charge in [-0.3, -0.25) is 48.9 Å². The van der Waals surface area contributed by atoms with Gasteiger partial charge in [0.1, 0.15) is 18.1 Å². The Kier molecular flexibility index (Phi) is 28.7. The molecule has 0 aliphatic rings. The van der Waals surface area contributed by atoms with Crippen LogP contribution in [-0.4, -0.2) is 138 Å². The predicted octanol–water partition coefficient (Wildman–Crippen LogP) is -3.29. The lowest BCUT2D eigenvalue weighted by Gasteiger charge is -2.22. The van der Waals surface area contributed by atoms with Crippen molar-refractivity contribution in [3.63, 3.8) is 0 Å². The Morgan fingerprint density at radius 3 is 1.93 bits per heavy atom. The van der Waals surface area contributed by atoms with Crippen LogP contribution in [0, 0.1) is 0 Å². The van der Waals surface area contributed by atoms with E-state index in [2.05, 4.69) is 63.8 Å². The molecule has 25 nitrogen and oxygen atoms in total. The minimum Gasteiger partial charge on any atom is -0.386 e. The third kappa shape index (κ3) is 25.6. The number of fused-ring (bicyclic) bond motifs is 1. The molecular formula is C44H74N16O9S. The highest BCUT2D eigenvalue weighted by atomic mass is 32.2. The van der Waals surface area contributed by atoms with Crippen LogP contribution in [0.2, 0.25) is 0 Å². The summed E-state index contributed by atoms with van der Waals surface area (Å²) in [6.45, 7) is 4.66. The summed E-state index contributed by atoms with van der Waals surface area (Å²) < 4.78 is 28.1. The number of hydrogen-bond donors (Lipinski definition) is 14. The van der Waals surface area contributed by atoms with E-state index in [0.717, 1.165) is 0 Å². The van der Waals surface area contributed by atoms with Crippen LogP contribution in [0.5, 0.6) is 0 Å². The highest BCUT2D eigenvalue weighted by Gasteiger charge is 2.26. The van der Waals surface area contributed by atoms with Gasteiger partial charge in [-0.2, -0.15) is 0 Å². The van der Waals surface area contributed by atoms with Crippen molar-refractivity contribution in [1.82, 2.24) is 52.2 Å². The SMILES string of the molecule is C=C(N)NCCC[C@@H](NC(=O)[C@@H](CCCN=C(N)N)NC(=O)CCCCCNC(=O)[C@@H](CCCCN)NC(=O)CCCNC(=O)CNCC(=O)NCCNS(=O)(=O)c1cccc2cnccc12)C(N)=O. The maximum Gasteiger partial charge on any atom is 0.243 e. The molecule has 0 radical (unpaired) electrons. The molecule has 1 aromatic heterocycles. The molecule has 0 aliphatic carbocycles. The summed E-state index contributed by atoms with van der Waals surface area (Å²) >= 11 is 0. The number of unbranched alkanes of at least 4 members (excludes halogenated alkanes) is 3. The topological polar surface area (TPSA) is 417 Å². The molecule has 390 valence electrons. The summed E-state index contributed by atoms with van der Waals surface area (Å²) in [6, 6.07) is 3.71. The molecule has 7 amide bonds. The number of amides is 7. The van der Waals surface area contributed by atoms with Gasteiger partial charge >= 0.3 is 0 Å². The van der Waals surface area contributed by atoms with Crippen molar-refractivity contribution in [2.75, 3.05) is 58.9 Å². The second-order valence-corrected chi connectivity index (χ2v) is 18.0. The number of guanidine groups is 1. The molecule has 0 saturated heterocycles. The van der Waals surface area contributed by atoms with E-state index < -0.39 is 51.8 Å². The zero-order chi connectivity index (χ0) is 51.7. The number of nitrogens with zero attached hydrogens (tertiary/aromatic N) is 2. The Balaban J connectivity index is 1.68. The molecule has 19 N–H and O–H groups in total. The molecule has 0 aliphatic heterocycles. The number of primary amides is 1. The summed E-state index contributed by atoms with van der Waals surface area (Å²) in [5.41, 5.74) is 27.5. The first-order valence-electron chi connectivity index (χ1n) is 23.4. The fourth-order valence-electron chi connectivity index (χ4n) is 6.79. The Morgan fingerprint density at radius 2 is 1.26 bits per heavy atom. The standard InChI is InChI=1S/C44H74N16O9S/c1-30(46)52-21-8-13-33(41(47)65)60-43(67)35(14-9-23-56-44(48)49)59-37(61)16-3-2-6-20-55-42(66)34(12-4-5-19-45)58-38(62)17-10-22-53-39(63)28-51-29-40(64)54-25-26-57-70(68,69)36-15-7-11-31-27-50-24-18-32(31)36/h7,11,15,18,24,27,33-35,51-52,57H,1-6,8-10,12-14,16-17,19-23,25-26,28-29,45-46H2,(H2,47,65)(H,53,63)(H,54,64)(H,55,66)(H,58,62)(H,59,61)(H,60,67)(H4,48,49,56)/t33-,34-,35-/m1/s1. The number of hydrogen-bond acceptors (Lipinski definition) is 15. The Bertz CT molecular complexity index is 2150. The van der Waals surface area contributed by atoms with Crippen LogP contribution < -0.4 is 75.9 Å². The van der Waals surface area contributed by atoms with Gasteiger partial charge in [-0.25, -0.2) is 13.1 Å². The first-order chi connectivity index (χ1) is 33.4. The molecule has 2 aromatic rings. The summed E-state index contributed by atoms with van der Waals surface area (Å²) in [7, 11) is -3.85. The van der Waals surface area contributed by atoms with Crippen LogP contribution in [0.4, 0.5) is 0 Å². The average molecular weight is 1000 g/mol. The number of carbonyl (C=O) groups excluding carboxylic acids is 7. The van der Waals surface area contributed by atoms with Gasteiger partial charge in [-0.15, -0.1) is 0 Å². The van der Waals surface area contributed by atoms with E-state index >= 15 is 0 Å². The Hall–Kier alpha value is -6.64. The minimum absolute atomic E-state index is 0.0211. The second-order valence-electron chi connectivity index (χ2n) is 16.3. The number of sulfonamides is 1. The van der Waals surface area contributed by atoms with Crippen LogP contribution in [0.15, 0.2) is 58.9 Å². The van der Waals surface area contributed by atoms with Crippen molar-refractivity contribution in [3.8, 4) is 0 Å². The first kappa shape index (κ1) is 59.5. The van der Waals surface area contributed by atoms with Crippen LogP contribution in [0.25, 0.3) is 10.8 Å². The van der Waals surface area contributed by atoms with Crippen molar-refractivity contribution in [3.05, 3.63) is 49.1 Å². The molecule has 70 heavy (non-hydrogen) atoms. The quantitative estimate of drug-likeness (QED) is 0.0178. The van der Waals surface area contributed by atoms with Crippen molar-refractivity contribution in [2.24, 2.45) is 33.7 Å². The van der Waals surface area contributed by atoms with E-state index in [4.69, 9.17) is 28.7 Å². The van der Waals surface area contributed by atoms with E-state index in [1.165, 1.54) is 12.3 Å². The zero-order valence-corrected chi connectivity index (χ0v) is 40.6. The lowest BCUT2D eigenvalue weighted by molar-refractivity contribution is -0.131. The monoisotopic (exact) mass is 1000 g/mol. The van der Waals surface area contributed by atoms with E-state index in [1.807, 2.05) is 0 Å². The number of benzene rings is 1. The molecule has 0 saturated carbocycles. The lowest BCUT2D eigenvalue weighted by atomic mass is 10.1. The van der Waals surface area contributed by atoms with Gasteiger partial charge in [0.25, 0.3) is 0 Å². The Morgan fingerprint density at radius 1 is 0.629 bits per heavy atom. The summed E-state index contributed by atoms with van der Waals surface area (Å²) in [5, 5.41) is 22.9. The van der Waals surface area contributed by atoms with Gasteiger partial charge < -0.3 is 65.9 Å². The van der Waals surface area contributed by atoms with Gasteiger partial charge in [-0.05, 0) is 82.9 Å². The van der Waals surface area contributed by atoms with Gasteiger partial charge in [0.2, 0.25) is 51.4 Å². The third-order valence-corrected chi connectivity index (χ3v) is 11.9. The first-order valence-corrected chi connectivity index (χ1v) is 24.9. The molecular weight excluding hydrogens is 929 g/mol. The molecule has 0 bridgehead atoms. The van der Waals surface area contributed by atoms with Gasteiger partial charge in [0, 0.05) is 75.3 Å². The van der Waals surface area contributed by atoms with Gasteiger partial charge in [-0.1, -0.05) is 25.1 Å². The number of pyridine rings is 1. The van der Waals surface area contributed by atoms with Crippen LogP contribution in [0.1, 0.15) is 83.5 Å². The molecule has 0 spiro atoms. The molecule has 3 atom stereocenters. The fraction of sp³-hybridized carbons (Fsp3) is 0.568. The third-order valence-electron chi connectivity index (χ3n) is 10.4. The second kappa shape index (κ2) is 33.8. The summed E-state index contributed by atoms with van der Waals surface area (Å²) in [4.78, 5) is 96.6. The van der Waals surface area contributed by atoms with Crippen LogP contribution >= 0.6 is 0 Å². The van der Waals surface area contributed by atoms with E-state index in [1.54, 1.807) is 24.4 Å². The number of rotatable bonds is 38. The van der Waals surface area contributed by atoms with Crippen molar-refractivity contribution >= 4 is 68.1 Å². The zero-order valence-electron chi connectivity index (χ0n) is 39.8. The lowest BCUT2D eigenvalue weighted by Crippen LogP contribution is -2.53. The highest BCUT2D eigenvalue weighted by Crippen LogP contribution is 2.21. The van der Waals surface area contributed by atoms with Crippen molar-refractivity contribution in [2.45, 2.75) is 106 Å². The summed E-state index contributed by atoms with van der Waals surface area (Å²) in [5.74, 6) is -3.13. The smallest absolute Gasteiger partial charge is 0.243 e. The number of aliphatic imine (C=N–C) groups is 1. The molecule has 0 fully saturated rings. The largest absolute Gasteiger partial charge is 0.386 e. The number of nitrogens with two attached hydrogens (primary N) is 5. The molecule has 1 aromatic carbocycles. The highest BCUT2D eigenvalue weighted by molar-refractivity contribution is 7.89. The Labute approximate surface area is 409 Å². The maximum atomic E-state index is 13.2. The molecule has 0 unspecified atom stereocenters. The van der Waals surface area contributed by atoms with E-state index in [-0.39, 0.29) is 112 Å². The van der Waals surface area contributed by atoms with Crippen LogP contribution in [-0.2, 0) is 43.6 Å². The number of nitrogens with one attached hydrogen (secondary N) is 9. The van der Waals surface area contributed by atoms with Gasteiger partial charge in [0.05, 0.1) is 23.8 Å². The molecule has 1 heterocycles. The average Bonchev–Trinajstić information content (AvgIpc) is 3.31. The predicted molar refractivity (Wildman–Crippen MR) is 265 cm³/mol. The number of aromatic nitrogens is 1. The minimum atomic E-state index is -3.85. The van der Waals surface area contributed by atoms with Crippen LogP contribution in [0.3, 0.4) is 0 Å². The summed E-state index contributed by atoms with van der Waals surface area (Å²) in [6.07, 6.45) is 7.92. The van der Waals surface area contributed by atoms with E-state index in [0.29, 0.717) is 75.2 Å². The normalized spacial score (nSPS) is 12.4. The van der Waals surface area contributed by atoms with Gasteiger partial charge in [0.15, 0.2) is 5.96 Å². The molecule has 2 rings (SSSR count). The van der Waals surface area contributed by atoms with Crippen molar-refractivity contribution in [1.29, 1.82) is 0 Å². The van der Waals surface area contributed by atoms with Crippen molar-refractivity contribution < 1.29 is 42.0 Å². The fourth-order valence-corrected chi connectivity index (χ4v) is 8.05. The maximum absolute atomic E-state index is 13.2. The number of carbonyl (C=O) groups is 7.